The van der Waals surface area contributed by atoms with Crippen LogP contribution >= 0.6 is 0 Å². The summed E-state index contributed by atoms with van der Waals surface area (Å²) in [6, 6.07) is 15.0. The Hall–Kier alpha value is -3.69. The van der Waals surface area contributed by atoms with Crippen molar-refractivity contribution in [3.8, 4) is 0 Å². The fourth-order valence-electron chi connectivity index (χ4n) is 4.71. The van der Waals surface area contributed by atoms with Crippen LogP contribution in [0.4, 0.5) is 5.69 Å². The topological polar surface area (TPSA) is 133 Å². The molecule has 0 bridgehead atoms. The van der Waals surface area contributed by atoms with E-state index in [1.54, 1.807) is 29.7 Å². The number of ether oxygens (including phenoxy) is 1. The Morgan fingerprint density at radius 2 is 1.84 bits per heavy atom. The molecule has 1 atom stereocenters. The molecule has 2 aromatic carbocycles. The van der Waals surface area contributed by atoms with Crippen LogP contribution in [0.3, 0.4) is 0 Å². The number of aromatic amines is 1. The number of fused-ring (bicyclic) bond motifs is 4. The quantitative estimate of drug-likeness (QED) is 0.194. The van der Waals surface area contributed by atoms with Crippen molar-refractivity contribution < 1.29 is 24.3 Å². The predicted molar refractivity (Wildman–Crippen MR) is 140 cm³/mol. The molecule has 1 unspecified atom stereocenters. The van der Waals surface area contributed by atoms with E-state index in [2.05, 4.69) is 21.7 Å². The van der Waals surface area contributed by atoms with Crippen LogP contribution in [0.25, 0.3) is 10.9 Å². The summed E-state index contributed by atoms with van der Waals surface area (Å²) < 4.78 is 6.03. The molecule has 0 spiro atoms. The van der Waals surface area contributed by atoms with Crippen molar-refractivity contribution in [3.05, 3.63) is 65.4 Å². The standard InChI is InChI=1S/C28H34N4O5/c33-26(32-36)16-3-1-2-15-25-28(35)31-23-13-7-5-11-20(23)27(34)29-18-21-19-10-4-6-12-22(19)30-24(21)14-8-9-17-37-25/h4-7,10-13,25,30,36H,1-3,8-9,14-18H2,(H,29,34)(H,31,35)(H,32,33). The number of anilines is 1. The number of hydrogen-bond acceptors (Lipinski definition) is 5. The SMILES string of the molecule is O=C(CCCCCC1OCCCCc2[nH]c3ccccc3c2CNC(=O)c2ccccc2NC1=O)NO. The van der Waals surface area contributed by atoms with Gasteiger partial charge in [-0.25, -0.2) is 5.48 Å². The van der Waals surface area contributed by atoms with Gasteiger partial charge in [0.1, 0.15) is 6.10 Å². The van der Waals surface area contributed by atoms with Gasteiger partial charge >= 0.3 is 0 Å². The number of unbranched alkanes of at least 4 members (excludes halogenated alkanes) is 2. The Morgan fingerprint density at radius 1 is 1.03 bits per heavy atom. The van der Waals surface area contributed by atoms with E-state index in [0.29, 0.717) is 43.7 Å². The minimum Gasteiger partial charge on any atom is -0.368 e. The number of H-pyrrole nitrogens is 1. The number of amides is 3. The molecule has 3 amide bonds. The largest absolute Gasteiger partial charge is 0.368 e. The van der Waals surface area contributed by atoms with E-state index in [1.807, 2.05) is 18.2 Å². The van der Waals surface area contributed by atoms with E-state index >= 15 is 0 Å². The van der Waals surface area contributed by atoms with Crippen LogP contribution in [-0.4, -0.2) is 40.6 Å². The van der Waals surface area contributed by atoms with Gasteiger partial charge in [-0.2, -0.15) is 0 Å². The number of aromatic nitrogens is 1. The average Bonchev–Trinajstić information content (AvgIpc) is 3.26. The summed E-state index contributed by atoms with van der Waals surface area (Å²) in [5.74, 6) is -0.975. The summed E-state index contributed by atoms with van der Waals surface area (Å²) in [4.78, 5) is 41.0. The second-order valence-corrected chi connectivity index (χ2v) is 9.30. The first-order chi connectivity index (χ1) is 18.1. The minimum atomic E-state index is -0.670. The Bertz CT molecular complexity index is 1240. The Morgan fingerprint density at radius 3 is 2.70 bits per heavy atom. The van der Waals surface area contributed by atoms with Gasteiger partial charge in [-0.1, -0.05) is 43.2 Å². The molecular weight excluding hydrogens is 472 g/mol. The summed E-state index contributed by atoms with van der Waals surface area (Å²) in [5.41, 5.74) is 5.68. The molecule has 0 saturated heterocycles. The summed E-state index contributed by atoms with van der Waals surface area (Å²) in [7, 11) is 0. The maximum atomic E-state index is 13.2. The zero-order valence-corrected chi connectivity index (χ0v) is 20.8. The fraction of sp³-hybridized carbons (Fsp3) is 0.393. The second-order valence-electron chi connectivity index (χ2n) is 9.30. The van der Waals surface area contributed by atoms with Gasteiger partial charge in [-0.15, -0.1) is 0 Å². The molecule has 2 heterocycles. The molecule has 4 rings (SSSR count). The summed E-state index contributed by atoms with van der Waals surface area (Å²) in [6.45, 7) is 0.827. The lowest BCUT2D eigenvalue weighted by atomic mass is 10.1. The highest BCUT2D eigenvalue weighted by Crippen LogP contribution is 2.25. The molecule has 37 heavy (non-hydrogen) atoms. The number of para-hydroxylation sites is 2. The number of carbonyl (C=O) groups is 3. The van der Waals surface area contributed by atoms with Crippen molar-refractivity contribution >= 4 is 34.3 Å². The van der Waals surface area contributed by atoms with E-state index in [9.17, 15) is 14.4 Å². The second kappa shape index (κ2) is 13.0. The number of benzene rings is 2. The fourth-order valence-corrected chi connectivity index (χ4v) is 4.71. The van der Waals surface area contributed by atoms with Crippen LogP contribution in [0.2, 0.25) is 0 Å². The van der Waals surface area contributed by atoms with E-state index in [1.165, 1.54) is 0 Å². The van der Waals surface area contributed by atoms with Gasteiger partial charge in [-0.05, 0) is 55.9 Å². The normalized spacial score (nSPS) is 17.1. The monoisotopic (exact) mass is 506 g/mol. The molecule has 9 heteroatoms. The number of rotatable bonds is 6. The van der Waals surface area contributed by atoms with Crippen LogP contribution in [0.5, 0.6) is 0 Å². The van der Waals surface area contributed by atoms with Gasteiger partial charge in [0, 0.05) is 36.2 Å². The van der Waals surface area contributed by atoms with E-state index in [-0.39, 0.29) is 18.2 Å². The molecule has 1 aromatic heterocycles. The number of aryl methyl sites for hydroxylation is 1. The Balaban J connectivity index is 1.51. The zero-order valence-electron chi connectivity index (χ0n) is 20.8. The molecule has 1 aliphatic rings. The van der Waals surface area contributed by atoms with E-state index in [0.717, 1.165) is 47.8 Å². The maximum Gasteiger partial charge on any atom is 0.253 e. The molecule has 0 saturated carbocycles. The first kappa shape index (κ1) is 26.4. The van der Waals surface area contributed by atoms with Gasteiger partial charge in [0.2, 0.25) is 5.91 Å². The first-order valence-electron chi connectivity index (χ1n) is 12.9. The number of carbonyl (C=O) groups excluding carboxylic acids is 3. The number of hydrogen-bond donors (Lipinski definition) is 5. The van der Waals surface area contributed by atoms with Crippen LogP contribution in [0.15, 0.2) is 48.5 Å². The molecule has 3 aromatic rings. The Labute approximate surface area is 215 Å². The molecule has 0 aliphatic carbocycles. The molecule has 5 N–H and O–H groups in total. The summed E-state index contributed by atoms with van der Waals surface area (Å²) in [6.07, 6.45) is 4.55. The maximum absolute atomic E-state index is 13.2. The Kier molecular flexibility index (Phi) is 9.29. The van der Waals surface area contributed by atoms with Gasteiger partial charge in [0.05, 0.1) is 11.3 Å². The van der Waals surface area contributed by atoms with Crippen LogP contribution in [0.1, 0.15) is 66.6 Å². The van der Waals surface area contributed by atoms with Crippen molar-refractivity contribution in [3.63, 3.8) is 0 Å². The third-order valence-electron chi connectivity index (χ3n) is 6.68. The average molecular weight is 507 g/mol. The van der Waals surface area contributed by atoms with Gasteiger partial charge in [-0.3, -0.25) is 19.6 Å². The third kappa shape index (κ3) is 6.96. The van der Waals surface area contributed by atoms with Gasteiger partial charge < -0.3 is 20.4 Å². The van der Waals surface area contributed by atoms with Crippen molar-refractivity contribution in [2.24, 2.45) is 0 Å². The summed E-state index contributed by atoms with van der Waals surface area (Å²) in [5, 5.41) is 15.7. The highest BCUT2D eigenvalue weighted by atomic mass is 16.5. The van der Waals surface area contributed by atoms with Crippen molar-refractivity contribution in [2.75, 3.05) is 11.9 Å². The molecular formula is C28H34N4O5. The third-order valence-corrected chi connectivity index (χ3v) is 6.68. The molecule has 0 fully saturated rings. The van der Waals surface area contributed by atoms with Crippen molar-refractivity contribution in [1.82, 2.24) is 15.8 Å². The lowest BCUT2D eigenvalue weighted by Gasteiger charge is -2.19. The minimum absolute atomic E-state index is 0.229. The number of hydroxylamine groups is 1. The summed E-state index contributed by atoms with van der Waals surface area (Å²) >= 11 is 0. The van der Waals surface area contributed by atoms with Gasteiger partial charge in [0.15, 0.2) is 0 Å². The van der Waals surface area contributed by atoms with Crippen molar-refractivity contribution in [1.29, 1.82) is 0 Å². The van der Waals surface area contributed by atoms with Gasteiger partial charge in [0.25, 0.3) is 11.8 Å². The van der Waals surface area contributed by atoms with Crippen molar-refractivity contribution in [2.45, 2.75) is 64.0 Å². The van der Waals surface area contributed by atoms with Crippen LogP contribution in [-0.2, 0) is 27.3 Å². The molecule has 1 aliphatic heterocycles. The highest BCUT2D eigenvalue weighted by molar-refractivity contribution is 6.04. The molecule has 0 radical (unpaired) electrons. The lowest BCUT2D eigenvalue weighted by Crippen LogP contribution is -2.32. The lowest BCUT2D eigenvalue weighted by molar-refractivity contribution is -0.129. The molecule has 9 nitrogen and oxygen atoms in total. The predicted octanol–water partition coefficient (Wildman–Crippen LogP) is 4.21. The molecule has 196 valence electrons. The first-order valence-corrected chi connectivity index (χ1v) is 12.9. The van der Waals surface area contributed by atoms with E-state index in [4.69, 9.17) is 9.94 Å². The van der Waals surface area contributed by atoms with E-state index < -0.39 is 12.0 Å². The zero-order chi connectivity index (χ0) is 26.0. The van der Waals surface area contributed by atoms with Crippen LogP contribution in [0, 0.1) is 0 Å². The smallest absolute Gasteiger partial charge is 0.253 e. The van der Waals surface area contributed by atoms with Crippen LogP contribution < -0.4 is 16.1 Å². The highest BCUT2D eigenvalue weighted by Gasteiger charge is 2.22. The number of nitrogens with one attached hydrogen (secondary N) is 4.